The van der Waals surface area contributed by atoms with Crippen molar-refractivity contribution in [3.05, 3.63) is 40.4 Å². The zero-order valence-electron chi connectivity index (χ0n) is 15.4. The molecule has 29 heavy (non-hydrogen) atoms. The maximum Gasteiger partial charge on any atom is 0.329 e. The van der Waals surface area contributed by atoms with Crippen LogP contribution in [0, 0.1) is 23.7 Å². The topological polar surface area (TPSA) is 92.8 Å². The number of hydrogen-bond acceptors (Lipinski definition) is 5. The van der Waals surface area contributed by atoms with Gasteiger partial charge in [0.05, 0.1) is 27.6 Å². The Hall–Kier alpha value is -2.38. The van der Waals surface area contributed by atoms with Gasteiger partial charge in [-0.3, -0.25) is 19.3 Å². The van der Waals surface area contributed by atoms with E-state index in [1.165, 1.54) is 6.92 Å². The molecule has 1 aliphatic heterocycles. The minimum absolute atomic E-state index is 0.0582. The monoisotopic (exact) mass is 436 g/mol. The molecule has 152 valence electrons. The van der Waals surface area contributed by atoms with Crippen molar-refractivity contribution >= 4 is 52.6 Å². The third kappa shape index (κ3) is 3.32. The van der Waals surface area contributed by atoms with E-state index >= 15 is 0 Å². The third-order valence-corrected chi connectivity index (χ3v) is 6.62. The summed E-state index contributed by atoms with van der Waals surface area (Å²) in [7, 11) is 0. The van der Waals surface area contributed by atoms with Crippen LogP contribution < -0.4 is 5.32 Å². The Morgan fingerprint density at radius 1 is 1.17 bits per heavy atom. The highest BCUT2D eigenvalue weighted by molar-refractivity contribution is 6.44. The molecule has 0 radical (unpaired) electrons. The quantitative estimate of drug-likeness (QED) is 0.435. The van der Waals surface area contributed by atoms with E-state index in [9.17, 15) is 19.2 Å². The number of halogens is 2. The van der Waals surface area contributed by atoms with Crippen LogP contribution in [0.3, 0.4) is 0 Å². The smallest absolute Gasteiger partial charge is 0.329 e. The summed E-state index contributed by atoms with van der Waals surface area (Å²) in [6.45, 7) is 0.849. The molecule has 1 saturated carbocycles. The summed E-state index contributed by atoms with van der Waals surface area (Å²) in [4.78, 5) is 50.9. The standard InChI is InChI=1S/C20H18Cl2N2O5/c1-9(24-18(26)15-10-5-6-11(7-10)16(15)19(24)27)20(28)29-8-14(25)23-13-4-2-3-12(21)17(13)22/h2-6,9-11,15-16H,7-8H2,1H3,(H,23,25)/t9-,10-,11-,15-,16+/m0/s1. The summed E-state index contributed by atoms with van der Waals surface area (Å²) in [6, 6.07) is 3.64. The minimum atomic E-state index is -1.09. The molecule has 1 saturated heterocycles. The molecule has 3 amide bonds. The molecule has 3 aliphatic rings. The molecule has 9 heteroatoms. The van der Waals surface area contributed by atoms with Crippen LogP contribution in [-0.4, -0.2) is 41.2 Å². The number of benzene rings is 1. The molecule has 2 fully saturated rings. The van der Waals surface area contributed by atoms with Crippen molar-refractivity contribution in [2.45, 2.75) is 19.4 Å². The molecular formula is C20H18Cl2N2O5. The number of carbonyl (C=O) groups excluding carboxylic acids is 4. The van der Waals surface area contributed by atoms with Crippen LogP contribution in [0.25, 0.3) is 0 Å². The number of carbonyl (C=O) groups is 4. The summed E-state index contributed by atoms with van der Waals surface area (Å²) in [5, 5.41) is 2.94. The molecule has 2 aliphatic carbocycles. The van der Waals surface area contributed by atoms with Crippen LogP contribution in [0.15, 0.2) is 30.4 Å². The van der Waals surface area contributed by atoms with Crippen LogP contribution in [0.4, 0.5) is 5.69 Å². The fourth-order valence-electron chi connectivity index (χ4n) is 4.46. The second kappa shape index (κ2) is 7.46. The molecule has 2 bridgehead atoms. The average Bonchev–Trinajstić information content (AvgIpc) is 3.37. The van der Waals surface area contributed by atoms with Crippen molar-refractivity contribution in [1.82, 2.24) is 4.90 Å². The molecule has 1 N–H and O–H groups in total. The number of nitrogens with zero attached hydrogens (tertiary/aromatic N) is 1. The molecule has 0 spiro atoms. The number of rotatable bonds is 5. The summed E-state index contributed by atoms with van der Waals surface area (Å²) in [5.41, 5.74) is 0.286. The Bertz CT molecular complexity index is 917. The summed E-state index contributed by atoms with van der Waals surface area (Å²) >= 11 is 11.9. The number of anilines is 1. The number of fused-ring (bicyclic) bond motifs is 5. The van der Waals surface area contributed by atoms with Crippen molar-refractivity contribution in [3.8, 4) is 0 Å². The predicted molar refractivity (Wildman–Crippen MR) is 105 cm³/mol. The first kappa shape index (κ1) is 19.9. The van der Waals surface area contributed by atoms with Crippen molar-refractivity contribution in [2.75, 3.05) is 11.9 Å². The molecule has 0 unspecified atom stereocenters. The van der Waals surface area contributed by atoms with E-state index in [4.69, 9.17) is 27.9 Å². The van der Waals surface area contributed by atoms with Gasteiger partial charge in [-0.25, -0.2) is 4.79 Å². The number of nitrogens with one attached hydrogen (secondary N) is 1. The molecule has 0 aromatic heterocycles. The second-order valence-corrected chi connectivity index (χ2v) is 8.26. The van der Waals surface area contributed by atoms with Crippen LogP contribution in [0.2, 0.25) is 10.0 Å². The van der Waals surface area contributed by atoms with Gasteiger partial charge < -0.3 is 10.1 Å². The van der Waals surface area contributed by atoms with Crippen molar-refractivity contribution in [3.63, 3.8) is 0 Å². The van der Waals surface area contributed by atoms with Gasteiger partial charge in [-0.2, -0.15) is 0 Å². The summed E-state index contributed by atoms with van der Waals surface area (Å²) < 4.78 is 5.02. The number of likely N-dealkylation sites (tertiary alicyclic amines) is 1. The largest absolute Gasteiger partial charge is 0.454 e. The molecule has 7 nitrogen and oxygen atoms in total. The Labute approximate surface area is 177 Å². The second-order valence-electron chi connectivity index (χ2n) is 7.48. The van der Waals surface area contributed by atoms with Gasteiger partial charge in [0, 0.05) is 0 Å². The molecule has 1 aromatic rings. The van der Waals surface area contributed by atoms with Crippen LogP contribution in [0.5, 0.6) is 0 Å². The lowest BCUT2D eigenvalue weighted by Crippen LogP contribution is -2.45. The van der Waals surface area contributed by atoms with E-state index in [2.05, 4.69) is 5.32 Å². The molecule has 5 atom stereocenters. The van der Waals surface area contributed by atoms with Gasteiger partial charge in [-0.05, 0) is 37.3 Å². The highest BCUT2D eigenvalue weighted by Gasteiger charge is 2.60. The van der Waals surface area contributed by atoms with E-state index in [1.54, 1.807) is 18.2 Å². The Balaban J connectivity index is 1.35. The van der Waals surface area contributed by atoms with Gasteiger partial charge in [0.15, 0.2) is 6.61 Å². The number of hydrogen-bond donors (Lipinski definition) is 1. The first-order valence-corrected chi connectivity index (χ1v) is 10.0. The Kier molecular flexibility index (Phi) is 5.12. The number of allylic oxidation sites excluding steroid dienone is 2. The Morgan fingerprint density at radius 2 is 1.79 bits per heavy atom. The number of ether oxygens (including phenoxy) is 1. The van der Waals surface area contributed by atoms with Gasteiger partial charge in [0.2, 0.25) is 11.8 Å². The normalized spacial score (nSPS) is 27.9. The maximum absolute atomic E-state index is 12.7. The van der Waals surface area contributed by atoms with Gasteiger partial charge >= 0.3 is 5.97 Å². The third-order valence-electron chi connectivity index (χ3n) is 5.80. The van der Waals surface area contributed by atoms with E-state index < -0.39 is 24.5 Å². The van der Waals surface area contributed by atoms with Gasteiger partial charge in [-0.15, -0.1) is 0 Å². The highest BCUT2D eigenvalue weighted by atomic mass is 35.5. The Morgan fingerprint density at radius 3 is 2.41 bits per heavy atom. The van der Waals surface area contributed by atoms with E-state index in [1.807, 2.05) is 12.2 Å². The number of esters is 1. The van der Waals surface area contributed by atoms with Crippen LogP contribution in [0.1, 0.15) is 13.3 Å². The maximum atomic E-state index is 12.7. The van der Waals surface area contributed by atoms with Crippen LogP contribution in [-0.2, 0) is 23.9 Å². The fraction of sp³-hybridized carbons (Fsp3) is 0.400. The van der Waals surface area contributed by atoms with Crippen molar-refractivity contribution in [1.29, 1.82) is 0 Å². The molecule has 4 rings (SSSR count). The van der Waals surface area contributed by atoms with Crippen LogP contribution >= 0.6 is 23.2 Å². The first-order valence-electron chi connectivity index (χ1n) is 9.25. The van der Waals surface area contributed by atoms with Gasteiger partial charge in [0.25, 0.3) is 5.91 Å². The van der Waals surface area contributed by atoms with Gasteiger partial charge in [0.1, 0.15) is 6.04 Å². The molecule has 1 heterocycles. The summed E-state index contributed by atoms with van der Waals surface area (Å²) in [5.74, 6) is -2.77. The van der Waals surface area contributed by atoms with E-state index in [0.29, 0.717) is 0 Å². The average molecular weight is 437 g/mol. The van der Waals surface area contributed by atoms with Crippen molar-refractivity contribution < 1.29 is 23.9 Å². The predicted octanol–water partition coefficient (Wildman–Crippen LogP) is 2.67. The first-order chi connectivity index (χ1) is 13.8. The van der Waals surface area contributed by atoms with E-state index in [-0.39, 0.29) is 51.2 Å². The fourth-order valence-corrected chi connectivity index (χ4v) is 4.80. The molecule has 1 aromatic carbocycles. The zero-order chi connectivity index (χ0) is 20.9. The highest BCUT2D eigenvalue weighted by Crippen LogP contribution is 2.52. The lowest BCUT2D eigenvalue weighted by atomic mass is 9.85. The SMILES string of the molecule is C[C@@H](C(=O)OCC(=O)Nc1cccc(Cl)c1Cl)N1C(=O)[C@@H]2[C@H](C1=O)[C@H]1C=C[C@H]2C1. The van der Waals surface area contributed by atoms with Crippen molar-refractivity contribution in [2.24, 2.45) is 23.7 Å². The number of imide groups is 1. The minimum Gasteiger partial charge on any atom is -0.454 e. The lowest BCUT2D eigenvalue weighted by Gasteiger charge is -2.23. The summed E-state index contributed by atoms with van der Waals surface area (Å²) in [6.07, 6.45) is 4.77. The zero-order valence-corrected chi connectivity index (χ0v) is 16.9. The lowest BCUT2D eigenvalue weighted by molar-refractivity contribution is -0.159. The number of amides is 3. The van der Waals surface area contributed by atoms with Gasteiger partial charge in [-0.1, -0.05) is 41.4 Å². The van der Waals surface area contributed by atoms with E-state index in [0.717, 1.165) is 11.3 Å². The molecular weight excluding hydrogens is 419 g/mol.